The minimum Gasteiger partial charge on any atom is -0.492 e. The molecule has 0 spiro atoms. The summed E-state index contributed by atoms with van der Waals surface area (Å²) in [5.41, 5.74) is 0.995. The summed E-state index contributed by atoms with van der Waals surface area (Å²) in [4.78, 5) is 4.02. The van der Waals surface area contributed by atoms with Gasteiger partial charge in [-0.05, 0) is 35.4 Å². The SMILES string of the molecule is CN=C(NCCOc1ccc(F)c(F)c1)NCc1cc(F)ccc1CS(C)(=O)=O. The van der Waals surface area contributed by atoms with E-state index in [0.717, 1.165) is 18.4 Å². The molecule has 29 heavy (non-hydrogen) atoms. The Morgan fingerprint density at radius 2 is 1.79 bits per heavy atom. The molecule has 2 aromatic rings. The van der Waals surface area contributed by atoms with E-state index in [0.29, 0.717) is 23.6 Å². The summed E-state index contributed by atoms with van der Waals surface area (Å²) in [5.74, 6) is -2.03. The minimum absolute atomic E-state index is 0.158. The largest absolute Gasteiger partial charge is 0.492 e. The smallest absolute Gasteiger partial charge is 0.191 e. The predicted molar refractivity (Wildman–Crippen MR) is 105 cm³/mol. The highest BCUT2D eigenvalue weighted by Gasteiger charge is 2.11. The van der Waals surface area contributed by atoms with Crippen molar-refractivity contribution < 1.29 is 26.3 Å². The molecule has 0 bridgehead atoms. The Kier molecular flexibility index (Phi) is 7.89. The topological polar surface area (TPSA) is 79.8 Å². The van der Waals surface area contributed by atoms with Crippen LogP contribution in [0.4, 0.5) is 13.2 Å². The van der Waals surface area contributed by atoms with Gasteiger partial charge in [-0.2, -0.15) is 0 Å². The fraction of sp³-hybridized carbons (Fsp3) is 0.316. The van der Waals surface area contributed by atoms with Crippen molar-refractivity contribution >= 4 is 15.8 Å². The first kappa shape index (κ1) is 22.5. The van der Waals surface area contributed by atoms with Crippen LogP contribution < -0.4 is 15.4 Å². The van der Waals surface area contributed by atoms with Crippen molar-refractivity contribution in [1.82, 2.24) is 10.6 Å². The van der Waals surface area contributed by atoms with E-state index in [4.69, 9.17) is 4.74 Å². The maximum atomic E-state index is 13.6. The summed E-state index contributed by atoms with van der Waals surface area (Å²) in [5, 5.41) is 5.92. The van der Waals surface area contributed by atoms with Crippen molar-refractivity contribution in [2.75, 3.05) is 26.5 Å². The molecule has 0 heterocycles. The number of halogens is 3. The lowest BCUT2D eigenvalue weighted by Gasteiger charge is -2.14. The van der Waals surface area contributed by atoms with E-state index < -0.39 is 27.3 Å². The molecule has 0 radical (unpaired) electrons. The third kappa shape index (κ3) is 7.65. The van der Waals surface area contributed by atoms with Crippen molar-refractivity contribution in [3.8, 4) is 5.75 Å². The molecule has 0 aliphatic rings. The Labute approximate surface area is 167 Å². The second kappa shape index (κ2) is 10.1. The van der Waals surface area contributed by atoms with Gasteiger partial charge in [0.1, 0.15) is 18.2 Å². The normalized spacial score (nSPS) is 12.0. The van der Waals surface area contributed by atoms with Crippen molar-refractivity contribution in [3.05, 3.63) is 65.0 Å². The van der Waals surface area contributed by atoms with Crippen LogP contribution in [-0.2, 0) is 22.1 Å². The van der Waals surface area contributed by atoms with E-state index in [1.807, 2.05) is 0 Å². The zero-order valence-electron chi connectivity index (χ0n) is 16.0. The molecule has 10 heteroatoms. The van der Waals surface area contributed by atoms with Gasteiger partial charge in [0.05, 0.1) is 12.3 Å². The lowest BCUT2D eigenvalue weighted by atomic mass is 10.1. The van der Waals surface area contributed by atoms with Crippen LogP contribution in [0.2, 0.25) is 0 Å². The number of nitrogens with zero attached hydrogens (tertiary/aromatic N) is 1. The number of sulfone groups is 1. The predicted octanol–water partition coefficient (Wildman–Crippen LogP) is 2.39. The summed E-state index contributed by atoms with van der Waals surface area (Å²) < 4.78 is 68.0. The van der Waals surface area contributed by atoms with Crippen LogP contribution in [0.25, 0.3) is 0 Å². The van der Waals surface area contributed by atoms with Crippen LogP contribution >= 0.6 is 0 Å². The van der Waals surface area contributed by atoms with Gasteiger partial charge in [0.2, 0.25) is 0 Å². The van der Waals surface area contributed by atoms with Crippen LogP contribution in [0.5, 0.6) is 5.75 Å². The van der Waals surface area contributed by atoms with Crippen molar-refractivity contribution in [2.24, 2.45) is 4.99 Å². The number of aliphatic imine (C=N–C) groups is 1. The Hall–Kier alpha value is -2.75. The molecular formula is C19H22F3N3O3S. The molecule has 2 N–H and O–H groups in total. The van der Waals surface area contributed by atoms with Gasteiger partial charge in [0, 0.05) is 25.9 Å². The van der Waals surface area contributed by atoms with E-state index in [9.17, 15) is 21.6 Å². The zero-order valence-corrected chi connectivity index (χ0v) is 16.8. The summed E-state index contributed by atoms with van der Waals surface area (Å²) in [6.07, 6.45) is 1.11. The van der Waals surface area contributed by atoms with Gasteiger partial charge in [0.15, 0.2) is 27.4 Å². The van der Waals surface area contributed by atoms with Crippen LogP contribution in [0.1, 0.15) is 11.1 Å². The Bertz CT molecular complexity index is 982. The highest BCUT2D eigenvalue weighted by molar-refractivity contribution is 7.89. The Morgan fingerprint density at radius 3 is 2.45 bits per heavy atom. The van der Waals surface area contributed by atoms with Crippen LogP contribution in [0.3, 0.4) is 0 Å². The summed E-state index contributed by atoms with van der Waals surface area (Å²) >= 11 is 0. The minimum atomic E-state index is -3.27. The monoisotopic (exact) mass is 429 g/mol. The Morgan fingerprint density at radius 1 is 1.03 bits per heavy atom. The van der Waals surface area contributed by atoms with E-state index in [-0.39, 0.29) is 24.7 Å². The molecular weight excluding hydrogens is 407 g/mol. The molecule has 2 rings (SSSR count). The van der Waals surface area contributed by atoms with Crippen LogP contribution in [0.15, 0.2) is 41.4 Å². The van der Waals surface area contributed by atoms with Crippen molar-refractivity contribution in [3.63, 3.8) is 0 Å². The molecule has 6 nitrogen and oxygen atoms in total. The van der Waals surface area contributed by atoms with Crippen molar-refractivity contribution in [2.45, 2.75) is 12.3 Å². The van der Waals surface area contributed by atoms with E-state index >= 15 is 0 Å². The number of hydrogen-bond donors (Lipinski definition) is 2. The molecule has 0 amide bonds. The highest BCUT2D eigenvalue weighted by Crippen LogP contribution is 2.15. The molecule has 0 aliphatic heterocycles. The fourth-order valence-corrected chi connectivity index (χ4v) is 3.33. The van der Waals surface area contributed by atoms with E-state index in [1.54, 1.807) is 0 Å². The van der Waals surface area contributed by atoms with Gasteiger partial charge >= 0.3 is 0 Å². The third-order valence-electron chi connectivity index (χ3n) is 3.81. The number of guanidine groups is 1. The van der Waals surface area contributed by atoms with Crippen molar-refractivity contribution in [1.29, 1.82) is 0 Å². The standard InChI is InChI=1S/C19H22F3N3O3S/c1-23-19(24-7-8-28-16-5-6-17(21)18(22)10-16)25-11-14-9-15(20)4-3-13(14)12-29(2,26)27/h3-6,9-10H,7-8,11-12H2,1-2H3,(H2,23,24,25). The molecule has 2 aromatic carbocycles. The first-order valence-electron chi connectivity index (χ1n) is 8.65. The van der Waals surface area contributed by atoms with Gasteiger partial charge in [-0.3, -0.25) is 4.99 Å². The molecule has 0 saturated carbocycles. The first-order valence-corrected chi connectivity index (χ1v) is 10.7. The lowest BCUT2D eigenvalue weighted by molar-refractivity contribution is 0.318. The average Bonchev–Trinajstić information content (AvgIpc) is 2.65. The molecule has 158 valence electrons. The highest BCUT2D eigenvalue weighted by atomic mass is 32.2. The number of rotatable bonds is 8. The molecule has 0 saturated heterocycles. The van der Waals surface area contributed by atoms with E-state index in [2.05, 4.69) is 15.6 Å². The van der Waals surface area contributed by atoms with Gasteiger partial charge in [-0.25, -0.2) is 21.6 Å². The Balaban J connectivity index is 1.87. The van der Waals surface area contributed by atoms with Crippen LogP contribution in [-0.4, -0.2) is 40.8 Å². The second-order valence-corrected chi connectivity index (χ2v) is 8.40. The average molecular weight is 429 g/mol. The fourth-order valence-electron chi connectivity index (χ4n) is 2.49. The molecule has 0 fully saturated rings. The zero-order chi connectivity index (χ0) is 21.4. The van der Waals surface area contributed by atoms with Gasteiger partial charge < -0.3 is 15.4 Å². The second-order valence-electron chi connectivity index (χ2n) is 6.26. The summed E-state index contributed by atoms with van der Waals surface area (Å²) in [7, 11) is -1.73. The number of ether oxygens (including phenoxy) is 1. The van der Waals surface area contributed by atoms with Gasteiger partial charge in [-0.15, -0.1) is 0 Å². The maximum absolute atomic E-state index is 13.6. The van der Waals surface area contributed by atoms with E-state index in [1.165, 1.54) is 31.3 Å². The van der Waals surface area contributed by atoms with Gasteiger partial charge in [-0.1, -0.05) is 6.07 Å². The third-order valence-corrected chi connectivity index (χ3v) is 4.65. The number of nitrogens with one attached hydrogen (secondary N) is 2. The maximum Gasteiger partial charge on any atom is 0.191 e. The van der Waals surface area contributed by atoms with Gasteiger partial charge in [0.25, 0.3) is 0 Å². The number of benzene rings is 2. The lowest BCUT2D eigenvalue weighted by Crippen LogP contribution is -2.39. The first-order chi connectivity index (χ1) is 13.7. The van der Waals surface area contributed by atoms with Crippen LogP contribution in [0, 0.1) is 17.5 Å². The molecule has 0 aliphatic carbocycles. The molecule has 0 unspecified atom stereocenters. The molecule has 0 aromatic heterocycles. The number of hydrogen-bond acceptors (Lipinski definition) is 4. The molecule has 0 atom stereocenters. The summed E-state index contributed by atoms with van der Waals surface area (Å²) in [6.45, 7) is 0.620. The summed E-state index contributed by atoms with van der Waals surface area (Å²) in [6, 6.07) is 7.18. The quantitative estimate of drug-likeness (QED) is 0.383.